The summed E-state index contributed by atoms with van der Waals surface area (Å²) in [6.07, 6.45) is 8.52. The summed E-state index contributed by atoms with van der Waals surface area (Å²) in [4.78, 5) is 12.1. The van der Waals surface area contributed by atoms with Crippen molar-refractivity contribution in [1.29, 1.82) is 0 Å². The van der Waals surface area contributed by atoms with E-state index in [-0.39, 0.29) is 5.43 Å². The molecule has 0 spiro atoms. The Morgan fingerprint density at radius 3 is 2.61 bits per heavy atom. The van der Waals surface area contributed by atoms with Crippen molar-refractivity contribution >= 4 is 10.9 Å². The Labute approximate surface area is 107 Å². The van der Waals surface area contributed by atoms with Crippen LogP contribution in [0.25, 0.3) is 10.9 Å². The van der Waals surface area contributed by atoms with Crippen LogP contribution in [-0.2, 0) is 0 Å². The van der Waals surface area contributed by atoms with Crippen LogP contribution in [0.4, 0.5) is 0 Å². The summed E-state index contributed by atoms with van der Waals surface area (Å²) in [5, 5.41) is 0.864. The van der Waals surface area contributed by atoms with Crippen molar-refractivity contribution in [2.75, 3.05) is 0 Å². The highest BCUT2D eigenvalue weighted by molar-refractivity contribution is 5.79. The van der Waals surface area contributed by atoms with Gasteiger partial charge < -0.3 is 4.57 Å². The van der Waals surface area contributed by atoms with Gasteiger partial charge in [0, 0.05) is 23.2 Å². The van der Waals surface area contributed by atoms with Gasteiger partial charge in [0.05, 0.1) is 5.52 Å². The fourth-order valence-electron chi connectivity index (χ4n) is 3.10. The normalized spacial score (nSPS) is 17.2. The maximum atomic E-state index is 12.1. The second kappa shape index (κ2) is 4.60. The Morgan fingerprint density at radius 1 is 1.11 bits per heavy atom. The second-order valence-corrected chi connectivity index (χ2v) is 5.36. The minimum absolute atomic E-state index is 0.178. The van der Waals surface area contributed by atoms with Gasteiger partial charge >= 0.3 is 0 Å². The standard InChI is InChI=1S/C16H19NO/c1-12-11-17(13-7-3-2-4-8-13)15-10-6-5-9-14(15)16(12)18/h5-6,9-11,13H,2-4,7-8H2,1H3. The lowest BCUT2D eigenvalue weighted by atomic mass is 9.94. The molecule has 0 N–H and O–H groups in total. The van der Waals surface area contributed by atoms with E-state index in [1.165, 1.54) is 32.1 Å². The molecule has 2 nitrogen and oxygen atoms in total. The van der Waals surface area contributed by atoms with Crippen molar-refractivity contribution in [1.82, 2.24) is 4.57 Å². The van der Waals surface area contributed by atoms with Gasteiger partial charge in [0.15, 0.2) is 5.43 Å². The molecule has 1 fully saturated rings. The van der Waals surface area contributed by atoms with Crippen LogP contribution in [0.1, 0.15) is 43.7 Å². The Kier molecular flexibility index (Phi) is 2.94. The van der Waals surface area contributed by atoms with Crippen LogP contribution in [0.3, 0.4) is 0 Å². The highest BCUT2D eigenvalue weighted by Crippen LogP contribution is 2.30. The van der Waals surface area contributed by atoms with E-state index in [1.54, 1.807) is 0 Å². The predicted octanol–water partition coefficient (Wildman–Crippen LogP) is 3.82. The summed E-state index contributed by atoms with van der Waals surface area (Å²) < 4.78 is 2.34. The molecule has 0 saturated heterocycles. The van der Waals surface area contributed by atoms with E-state index in [9.17, 15) is 4.79 Å². The van der Waals surface area contributed by atoms with Gasteiger partial charge in [0.25, 0.3) is 0 Å². The van der Waals surface area contributed by atoms with E-state index >= 15 is 0 Å². The van der Waals surface area contributed by atoms with Crippen molar-refractivity contribution < 1.29 is 0 Å². The van der Waals surface area contributed by atoms with Gasteiger partial charge in [-0.2, -0.15) is 0 Å². The lowest BCUT2D eigenvalue weighted by Gasteiger charge is -2.26. The molecule has 0 aliphatic heterocycles. The summed E-state index contributed by atoms with van der Waals surface area (Å²) in [6.45, 7) is 1.92. The zero-order valence-corrected chi connectivity index (χ0v) is 10.9. The number of rotatable bonds is 1. The van der Waals surface area contributed by atoms with Gasteiger partial charge in [0.1, 0.15) is 0 Å². The largest absolute Gasteiger partial charge is 0.344 e. The fourth-order valence-corrected chi connectivity index (χ4v) is 3.10. The third-order valence-corrected chi connectivity index (χ3v) is 4.09. The molecule has 18 heavy (non-hydrogen) atoms. The van der Waals surface area contributed by atoms with Crippen LogP contribution in [0.15, 0.2) is 35.3 Å². The van der Waals surface area contributed by atoms with Crippen LogP contribution < -0.4 is 5.43 Å². The number of benzene rings is 1. The van der Waals surface area contributed by atoms with Crippen LogP contribution in [-0.4, -0.2) is 4.57 Å². The van der Waals surface area contributed by atoms with Crippen molar-refractivity contribution in [3.63, 3.8) is 0 Å². The van der Waals surface area contributed by atoms with Crippen LogP contribution >= 0.6 is 0 Å². The molecule has 1 saturated carbocycles. The second-order valence-electron chi connectivity index (χ2n) is 5.36. The highest BCUT2D eigenvalue weighted by Gasteiger charge is 2.17. The molecule has 0 bridgehead atoms. The van der Waals surface area contributed by atoms with E-state index in [4.69, 9.17) is 0 Å². The quantitative estimate of drug-likeness (QED) is 0.744. The van der Waals surface area contributed by atoms with E-state index < -0.39 is 0 Å². The van der Waals surface area contributed by atoms with E-state index in [0.717, 1.165) is 16.5 Å². The molecule has 1 aromatic heterocycles. The average Bonchev–Trinajstić information content (AvgIpc) is 2.44. The molecule has 3 rings (SSSR count). The summed E-state index contributed by atoms with van der Waals surface area (Å²) >= 11 is 0. The maximum absolute atomic E-state index is 12.1. The average molecular weight is 241 g/mol. The minimum Gasteiger partial charge on any atom is -0.344 e. The topological polar surface area (TPSA) is 22.0 Å². The van der Waals surface area contributed by atoms with Crippen molar-refractivity contribution in [2.45, 2.75) is 45.1 Å². The molecule has 94 valence electrons. The molecule has 1 aliphatic carbocycles. The maximum Gasteiger partial charge on any atom is 0.192 e. The van der Waals surface area contributed by atoms with Crippen LogP contribution in [0.2, 0.25) is 0 Å². The van der Waals surface area contributed by atoms with Crippen molar-refractivity contribution in [2.24, 2.45) is 0 Å². The summed E-state index contributed by atoms with van der Waals surface area (Å²) in [5.41, 5.74) is 2.14. The van der Waals surface area contributed by atoms with Gasteiger partial charge in [-0.05, 0) is 31.9 Å². The monoisotopic (exact) mass is 241 g/mol. The van der Waals surface area contributed by atoms with Crippen LogP contribution in [0.5, 0.6) is 0 Å². The third kappa shape index (κ3) is 1.86. The minimum atomic E-state index is 0.178. The Hall–Kier alpha value is -1.57. The molecular formula is C16H19NO. The molecule has 1 heterocycles. The van der Waals surface area contributed by atoms with Gasteiger partial charge in [0.2, 0.25) is 0 Å². The zero-order chi connectivity index (χ0) is 12.5. The number of pyridine rings is 1. The van der Waals surface area contributed by atoms with E-state index in [0.29, 0.717) is 6.04 Å². The van der Waals surface area contributed by atoms with Crippen molar-refractivity contribution in [3.05, 3.63) is 46.2 Å². The Morgan fingerprint density at radius 2 is 1.83 bits per heavy atom. The Balaban J connectivity index is 2.22. The smallest absolute Gasteiger partial charge is 0.192 e. The SMILES string of the molecule is Cc1cn(C2CCCCC2)c2ccccc2c1=O. The van der Waals surface area contributed by atoms with Gasteiger partial charge in [-0.25, -0.2) is 0 Å². The number of hydrogen-bond donors (Lipinski definition) is 0. The molecule has 1 aromatic carbocycles. The van der Waals surface area contributed by atoms with Gasteiger partial charge in [-0.3, -0.25) is 4.79 Å². The fraction of sp³-hybridized carbons (Fsp3) is 0.438. The first kappa shape index (κ1) is 11.5. The van der Waals surface area contributed by atoms with E-state index in [2.05, 4.69) is 16.8 Å². The lowest BCUT2D eigenvalue weighted by molar-refractivity contribution is 0.359. The molecule has 1 aliphatic rings. The molecule has 0 radical (unpaired) electrons. The number of fused-ring (bicyclic) bond motifs is 1. The highest BCUT2D eigenvalue weighted by atomic mass is 16.1. The molecule has 0 atom stereocenters. The van der Waals surface area contributed by atoms with Crippen molar-refractivity contribution in [3.8, 4) is 0 Å². The summed E-state index contributed by atoms with van der Waals surface area (Å²) in [5.74, 6) is 0. The Bertz CT molecular complexity index is 621. The summed E-state index contributed by atoms with van der Waals surface area (Å²) in [6, 6.07) is 8.57. The molecular weight excluding hydrogens is 222 g/mol. The molecule has 0 amide bonds. The molecule has 0 unspecified atom stereocenters. The first-order valence-corrected chi connectivity index (χ1v) is 6.88. The number of aryl methyl sites for hydroxylation is 1. The molecule has 2 heteroatoms. The van der Waals surface area contributed by atoms with Gasteiger partial charge in [-0.15, -0.1) is 0 Å². The number of nitrogens with zero attached hydrogens (tertiary/aromatic N) is 1. The zero-order valence-electron chi connectivity index (χ0n) is 10.9. The lowest BCUT2D eigenvalue weighted by Crippen LogP contribution is -2.18. The molecule has 2 aromatic rings. The summed E-state index contributed by atoms with van der Waals surface area (Å²) in [7, 11) is 0. The first-order valence-electron chi connectivity index (χ1n) is 6.88. The predicted molar refractivity (Wildman–Crippen MR) is 75.1 cm³/mol. The third-order valence-electron chi connectivity index (χ3n) is 4.09. The number of aromatic nitrogens is 1. The van der Waals surface area contributed by atoms with Gasteiger partial charge in [-0.1, -0.05) is 31.4 Å². The van der Waals surface area contributed by atoms with E-state index in [1.807, 2.05) is 25.1 Å². The number of para-hydroxylation sites is 1. The van der Waals surface area contributed by atoms with Crippen LogP contribution in [0, 0.1) is 6.92 Å². The first-order chi connectivity index (χ1) is 8.77. The number of hydrogen-bond acceptors (Lipinski definition) is 1.